The van der Waals surface area contributed by atoms with Crippen molar-refractivity contribution in [2.75, 3.05) is 0 Å². The van der Waals surface area contributed by atoms with Gasteiger partial charge in [0.2, 0.25) is 0 Å². The van der Waals surface area contributed by atoms with Crippen molar-refractivity contribution in [1.29, 1.82) is 5.26 Å². The smallest absolute Gasteiger partial charge is 0.0628 e. The summed E-state index contributed by atoms with van der Waals surface area (Å²) in [6, 6.07) is 2.23. The Hall–Kier alpha value is -1.30. The number of nitrogens with zero attached hydrogens (tertiary/aromatic N) is 3. The van der Waals surface area contributed by atoms with Gasteiger partial charge in [0.15, 0.2) is 0 Å². The average Bonchev–Trinajstić information content (AvgIpc) is 2.58. The molecule has 3 heteroatoms. The van der Waals surface area contributed by atoms with Gasteiger partial charge >= 0.3 is 0 Å². The van der Waals surface area contributed by atoms with Crippen LogP contribution in [0, 0.1) is 18.3 Å². The highest BCUT2D eigenvalue weighted by Crippen LogP contribution is 2.31. The molecule has 0 amide bonds. The fourth-order valence-electron chi connectivity index (χ4n) is 1.92. The van der Waals surface area contributed by atoms with E-state index in [-0.39, 0.29) is 0 Å². The van der Waals surface area contributed by atoms with E-state index in [0.29, 0.717) is 12.3 Å². The summed E-state index contributed by atoms with van der Waals surface area (Å²) in [5, 5.41) is 12.8. The third kappa shape index (κ3) is 0.918. The first-order chi connectivity index (χ1) is 5.83. The highest BCUT2D eigenvalue weighted by molar-refractivity contribution is 5.23. The van der Waals surface area contributed by atoms with Crippen molar-refractivity contribution in [3.63, 3.8) is 0 Å². The zero-order valence-corrected chi connectivity index (χ0v) is 7.12. The lowest BCUT2D eigenvalue weighted by atomic mass is 9.99. The van der Waals surface area contributed by atoms with E-state index >= 15 is 0 Å². The lowest BCUT2D eigenvalue weighted by Crippen LogP contribution is -1.95. The molecular formula is C9H11N3. The maximum Gasteiger partial charge on any atom is 0.0628 e. The van der Waals surface area contributed by atoms with Crippen LogP contribution in [-0.4, -0.2) is 9.78 Å². The third-order valence-corrected chi connectivity index (χ3v) is 2.49. The number of hydrogen-bond acceptors (Lipinski definition) is 2. The van der Waals surface area contributed by atoms with Crippen LogP contribution in [0.2, 0.25) is 0 Å². The van der Waals surface area contributed by atoms with Gasteiger partial charge in [-0.15, -0.1) is 0 Å². The Labute approximate surface area is 71.6 Å². The van der Waals surface area contributed by atoms with E-state index < -0.39 is 0 Å². The standard InChI is InChI=1S/C9H11N3/c1-7-6-11-12-5-3-8(2-4-10)9(7)12/h6,8H,2-3,5H2,1H3. The van der Waals surface area contributed by atoms with Crippen LogP contribution < -0.4 is 0 Å². The Morgan fingerprint density at radius 2 is 2.67 bits per heavy atom. The molecule has 1 atom stereocenters. The molecule has 62 valence electrons. The Morgan fingerprint density at radius 3 is 3.42 bits per heavy atom. The summed E-state index contributed by atoms with van der Waals surface area (Å²) in [5.41, 5.74) is 2.50. The summed E-state index contributed by atoms with van der Waals surface area (Å²) >= 11 is 0. The minimum absolute atomic E-state index is 0.428. The number of rotatable bonds is 1. The van der Waals surface area contributed by atoms with Gasteiger partial charge in [0.05, 0.1) is 12.3 Å². The predicted molar refractivity (Wildman–Crippen MR) is 44.6 cm³/mol. The molecule has 0 radical (unpaired) electrons. The molecular weight excluding hydrogens is 150 g/mol. The van der Waals surface area contributed by atoms with Crippen molar-refractivity contribution in [2.24, 2.45) is 0 Å². The molecule has 2 heterocycles. The van der Waals surface area contributed by atoms with Gasteiger partial charge in [0.1, 0.15) is 0 Å². The van der Waals surface area contributed by atoms with E-state index in [1.54, 1.807) is 0 Å². The highest BCUT2D eigenvalue weighted by Gasteiger charge is 2.24. The Balaban J connectivity index is 2.34. The van der Waals surface area contributed by atoms with Gasteiger partial charge in [-0.3, -0.25) is 4.68 Å². The normalized spacial score (nSPS) is 20.5. The molecule has 1 aliphatic heterocycles. The molecule has 0 saturated carbocycles. The molecule has 0 N–H and O–H groups in total. The van der Waals surface area contributed by atoms with Gasteiger partial charge in [-0.25, -0.2) is 0 Å². The summed E-state index contributed by atoms with van der Waals surface area (Å²) < 4.78 is 2.03. The van der Waals surface area contributed by atoms with Crippen molar-refractivity contribution < 1.29 is 0 Å². The zero-order valence-electron chi connectivity index (χ0n) is 7.12. The summed E-state index contributed by atoms with van der Waals surface area (Å²) in [6.07, 6.45) is 3.60. The van der Waals surface area contributed by atoms with Crippen LogP contribution in [0.5, 0.6) is 0 Å². The summed E-state index contributed by atoms with van der Waals surface area (Å²) in [5.74, 6) is 0.428. The first-order valence-electron chi connectivity index (χ1n) is 4.22. The minimum atomic E-state index is 0.428. The fourth-order valence-corrected chi connectivity index (χ4v) is 1.92. The topological polar surface area (TPSA) is 41.6 Å². The van der Waals surface area contributed by atoms with Gasteiger partial charge in [-0.1, -0.05) is 0 Å². The van der Waals surface area contributed by atoms with Crippen LogP contribution in [0.25, 0.3) is 0 Å². The quantitative estimate of drug-likeness (QED) is 0.627. The summed E-state index contributed by atoms with van der Waals surface area (Å²) in [6.45, 7) is 3.05. The Morgan fingerprint density at radius 1 is 1.83 bits per heavy atom. The molecule has 1 aromatic heterocycles. The molecule has 1 aromatic rings. The second-order valence-corrected chi connectivity index (χ2v) is 3.28. The largest absolute Gasteiger partial charge is 0.269 e. The van der Waals surface area contributed by atoms with Gasteiger partial charge < -0.3 is 0 Å². The summed E-state index contributed by atoms with van der Waals surface area (Å²) in [7, 11) is 0. The van der Waals surface area contributed by atoms with Crippen LogP contribution in [0.15, 0.2) is 6.20 Å². The van der Waals surface area contributed by atoms with Crippen molar-refractivity contribution >= 4 is 0 Å². The first-order valence-corrected chi connectivity index (χ1v) is 4.22. The number of hydrogen-bond donors (Lipinski definition) is 0. The fraction of sp³-hybridized carbons (Fsp3) is 0.556. The van der Waals surface area contributed by atoms with E-state index in [4.69, 9.17) is 5.26 Å². The van der Waals surface area contributed by atoms with Gasteiger partial charge in [-0.05, 0) is 18.9 Å². The monoisotopic (exact) mass is 161 g/mol. The van der Waals surface area contributed by atoms with Crippen molar-refractivity contribution in [1.82, 2.24) is 9.78 Å². The molecule has 0 spiro atoms. The van der Waals surface area contributed by atoms with Crippen molar-refractivity contribution in [3.8, 4) is 6.07 Å². The number of nitriles is 1. The van der Waals surface area contributed by atoms with Crippen molar-refractivity contribution in [3.05, 3.63) is 17.5 Å². The van der Waals surface area contributed by atoms with E-state index in [1.165, 1.54) is 11.3 Å². The van der Waals surface area contributed by atoms with Gasteiger partial charge in [-0.2, -0.15) is 10.4 Å². The maximum absolute atomic E-state index is 8.60. The lowest BCUT2D eigenvalue weighted by Gasteiger charge is -2.03. The van der Waals surface area contributed by atoms with Crippen LogP contribution in [0.3, 0.4) is 0 Å². The molecule has 0 saturated heterocycles. The predicted octanol–water partition coefficient (Wildman–Crippen LogP) is 1.59. The van der Waals surface area contributed by atoms with Crippen LogP contribution in [0.4, 0.5) is 0 Å². The molecule has 3 nitrogen and oxygen atoms in total. The van der Waals surface area contributed by atoms with E-state index in [9.17, 15) is 0 Å². The first kappa shape index (κ1) is 7.35. The van der Waals surface area contributed by atoms with E-state index in [1.807, 2.05) is 10.9 Å². The maximum atomic E-state index is 8.60. The van der Waals surface area contributed by atoms with Crippen LogP contribution in [-0.2, 0) is 6.54 Å². The van der Waals surface area contributed by atoms with Crippen LogP contribution >= 0.6 is 0 Å². The minimum Gasteiger partial charge on any atom is -0.269 e. The molecule has 0 aromatic carbocycles. The summed E-state index contributed by atoms with van der Waals surface area (Å²) in [4.78, 5) is 0. The molecule has 0 fully saturated rings. The highest BCUT2D eigenvalue weighted by atomic mass is 15.3. The average molecular weight is 161 g/mol. The van der Waals surface area contributed by atoms with E-state index in [2.05, 4.69) is 18.1 Å². The Kier molecular flexibility index (Phi) is 1.61. The third-order valence-electron chi connectivity index (χ3n) is 2.49. The zero-order chi connectivity index (χ0) is 8.55. The molecule has 2 rings (SSSR count). The molecule has 0 bridgehead atoms. The van der Waals surface area contributed by atoms with Crippen LogP contribution in [0.1, 0.15) is 30.0 Å². The number of aryl methyl sites for hydroxylation is 2. The second-order valence-electron chi connectivity index (χ2n) is 3.28. The molecule has 12 heavy (non-hydrogen) atoms. The van der Waals surface area contributed by atoms with E-state index in [0.717, 1.165) is 13.0 Å². The Bertz CT molecular complexity index is 332. The SMILES string of the molecule is Cc1cnn2c1C(CC#N)CC2. The van der Waals surface area contributed by atoms with Gasteiger partial charge in [0, 0.05) is 24.6 Å². The number of aromatic nitrogens is 2. The van der Waals surface area contributed by atoms with Crippen molar-refractivity contribution in [2.45, 2.75) is 32.2 Å². The molecule has 1 unspecified atom stereocenters. The van der Waals surface area contributed by atoms with Gasteiger partial charge in [0.25, 0.3) is 0 Å². The molecule has 1 aliphatic rings. The lowest BCUT2D eigenvalue weighted by molar-refractivity contribution is 0.633. The number of fused-ring (bicyclic) bond motifs is 1. The molecule has 0 aliphatic carbocycles. The second kappa shape index (κ2) is 2.63.